The summed E-state index contributed by atoms with van der Waals surface area (Å²) in [5.41, 5.74) is 3.18. The van der Waals surface area contributed by atoms with Crippen LogP contribution in [0.1, 0.15) is 22.4 Å². The number of aliphatic hydroxyl groups excluding tert-OH is 1. The van der Waals surface area contributed by atoms with Crippen LogP contribution < -0.4 is 5.19 Å². The first kappa shape index (κ1) is 12.1. The van der Waals surface area contributed by atoms with Gasteiger partial charge >= 0.3 is 0 Å². The molecule has 0 aromatic heterocycles. The summed E-state index contributed by atoms with van der Waals surface area (Å²) in [7, 11) is 0.406. The zero-order valence-corrected chi connectivity index (χ0v) is 11.1. The molecule has 2 heteroatoms. The fourth-order valence-electron chi connectivity index (χ4n) is 1.77. The molecule has 0 spiro atoms. The molecule has 0 bridgehead atoms. The van der Waals surface area contributed by atoms with Crippen molar-refractivity contribution in [2.45, 2.75) is 19.6 Å². The molecular weight excluding hydrogens is 224 g/mol. The Morgan fingerprint density at radius 1 is 0.941 bits per heavy atom. The second-order valence-electron chi connectivity index (χ2n) is 4.21. The van der Waals surface area contributed by atoms with Gasteiger partial charge < -0.3 is 5.11 Å². The monoisotopic (exact) mass is 240 g/mol. The molecule has 0 aliphatic rings. The van der Waals surface area contributed by atoms with E-state index in [0.717, 1.165) is 5.56 Å². The first-order valence-electron chi connectivity index (χ1n) is 5.74. The van der Waals surface area contributed by atoms with E-state index in [2.05, 4.69) is 32.0 Å². The van der Waals surface area contributed by atoms with Crippen LogP contribution in [0.15, 0.2) is 48.5 Å². The van der Waals surface area contributed by atoms with E-state index in [1.54, 1.807) is 0 Å². The van der Waals surface area contributed by atoms with Gasteiger partial charge in [0.05, 0.1) is 5.73 Å². The predicted molar refractivity (Wildman–Crippen MR) is 72.7 cm³/mol. The van der Waals surface area contributed by atoms with Gasteiger partial charge in [0.1, 0.15) is 9.52 Å². The number of aliphatic hydroxyl groups is 1. The standard InChI is InChI=1S/C15H16OSi/c1-11-7-6-10-14(12(11)2)17-15(16)13-8-4-3-5-9-13/h3-10,15-16H,1-2H3. The minimum Gasteiger partial charge on any atom is -0.392 e. The number of rotatable bonds is 3. The molecule has 0 fully saturated rings. The zero-order valence-electron chi connectivity index (χ0n) is 10.1. The third-order valence-corrected chi connectivity index (χ3v) is 4.47. The molecule has 0 amide bonds. The van der Waals surface area contributed by atoms with Crippen LogP contribution in [0.4, 0.5) is 0 Å². The van der Waals surface area contributed by atoms with Crippen molar-refractivity contribution in [3.63, 3.8) is 0 Å². The quantitative estimate of drug-likeness (QED) is 0.816. The molecule has 1 nitrogen and oxygen atoms in total. The van der Waals surface area contributed by atoms with E-state index in [1.165, 1.54) is 16.3 Å². The van der Waals surface area contributed by atoms with Crippen molar-refractivity contribution < 1.29 is 5.11 Å². The van der Waals surface area contributed by atoms with E-state index in [4.69, 9.17) is 0 Å². The lowest BCUT2D eigenvalue weighted by atomic mass is 10.1. The average Bonchev–Trinajstić information content (AvgIpc) is 2.36. The van der Waals surface area contributed by atoms with Crippen molar-refractivity contribution in [3.05, 3.63) is 65.2 Å². The van der Waals surface area contributed by atoms with Gasteiger partial charge in [-0.3, -0.25) is 0 Å². The highest BCUT2D eigenvalue weighted by Gasteiger charge is 2.11. The molecule has 1 unspecified atom stereocenters. The minimum absolute atomic E-state index is 0.392. The molecule has 0 aliphatic heterocycles. The van der Waals surface area contributed by atoms with E-state index >= 15 is 0 Å². The second kappa shape index (κ2) is 5.30. The Balaban J connectivity index is 2.19. The molecular formula is C15H16OSi. The fourth-order valence-corrected chi connectivity index (χ4v) is 3.03. The molecule has 1 N–H and O–H groups in total. The van der Waals surface area contributed by atoms with Crippen LogP contribution in [0, 0.1) is 13.8 Å². The maximum absolute atomic E-state index is 10.2. The molecule has 86 valence electrons. The summed E-state index contributed by atoms with van der Waals surface area (Å²) >= 11 is 0. The Kier molecular flexibility index (Phi) is 3.77. The van der Waals surface area contributed by atoms with Crippen molar-refractivity contribution in [3.8, 4) is 0 Å². The summed E-state index contributed by atoms with van der Waals surface area (Å²) in [5.74, 6) is 0. The highest BCUT2D eigenvalue weighted by Crippen LogP contribution is 2.11. The largest absolute Gasteiger partial charge is 0.392 e. The topological polar surface area (TPSA) is 20.2 Å². The zero-order chi connectivity index (χ0) is 12.3. The number of aryl methyl sites for hydroxylation is 1. The van der Waals surface area contributed by atoms with Crippen molar-refractivity contribution in [1.82, 2.24) is 0 Å². The summed E-state index contributed by atoms with van der Waals surface area (Å²) < 4.78 is 0. The van der Waals surface area contributed by atoms with Crippen molar-refractivity contribution >= 4 is 14.7 Å². The smallest absolute Gasteiger partial charge is 0.125 e. The van der Waals surface area contributed by atoms with Crippen LogP contribution >= 0.6 is 0 Å². The van der Waals surface area contributed by atoms with E-state index in [9.17, 15) is 5.11 Å². The Morgan fingerprint density at radius 2 is 1.65 bits per heavy atom. The maximum Gasteiger partial charge on any atom is 0.125 e. The van der Waals surface area contributed by atoms with E-state index < -0.39 is 5.73 Å². The first-order chi connectivity index (χ1) is 8.18. The molecule has 0 saturated carbocycles. The minimum atomic E-state index is -0.392. The van der Waals surface area contributed by atoms with E-state index in [1.807, 2.05) is 30.3 Å². The van der Waals surface area contributed by atoms with Crippen LogP contribution in [-0.2, 0) is 0 Å². The van der Waals surface area contributed by atoms with Gasteiger partial charge in [-0.05, 0) is 30.5 Å². The number of hydrogen-bond donors (Lipinski definition) is 1. The SMILES string of the molecule is Cc1cccc([Si]C(O)c2ccccc2)c1C. The fraction of sp³-hybridized carbons (Fsp3) is 0.200. The third-order valence-electron chi connectivity index (χ3n) is 3.01. The highest BCUT2D eigenvalue weighted by molar-refractivity contribution is 6.55. The third kappa shape index (κ3) is 2.84. The molecule has 2 rings (SSSR count). The van der Waals surface area contributed by atoms with Crippen LogP contribution in [0.5, 0.6) is 0 Å². The summed E-state index contributed by atoms with van der Waals surface area (Å²) in [4.78, 5) is 0. The number of hydrogen-bond acceptors (Lipinski definition) is 1. The van der Waals surface area contributed by atoms with Crippen molar-refractivity contribution in [2.24, 2.45) is 0 Å². The van der Waals surface area contributed by atoms with Gasteiger partial charge in [-0.2, -0.15) is 0 Å². The first-order valence-corrected chi connectivity index (χ1v) is 6.82. The van der Waals surface area contributed by atoms with Crippen molar-refractivity contribution in [2.75, 3.05) is 0 Å². The van der Waals surface area contributed by atoms with Crippen LogP contribution in [0.3, 0.4) is 0 Å². The molecule has 2 aromatic rings. The van der Waals surface area contributed by atoms with Gasteiger partial charge in [-0.1, -0.05) is 53.7 Å². The summed E-state index contributed by atoms with van der Waals surface area (Å²) in [6.07, 6.45) is 0. The van der Waals surface area contributed by atoms with E-state index in [0.29, 0.717) is 9.52 Å². The Labute approximate surface area is 105 Å². The lowest BCUT2D eigenvalue weighted by Gasteiger charge is -2.13. The molecule has 17 heavy (non-hydrogen) atoms. The van der Waals surface area contributed by atoms with Crippen LogP contribution in [0.25, 0.3) is 0 Å². The molecule has 0 heterocycles. The summed E-state index contributed by atoms with van der Waals surface area (Å²) in [6.45, 7) is 4.23. The maximum atomic E-state index is 10.2. The normalized spacial score (nSPS) is 12.4. The van der Waals surface area contributed by atoms with Gasteiger partial charge in [-0.25, -0.2) is 0 Å². The molecule has 2 radical (unpaired) electrons. The number of benzene rings is 2. The van der Waals surface area contributed by atoms with Gasteiger partial charge in [0.25, 0.3) is 0 Å². The van der Waals surface area contributed by atoms with Gasteiger partial charge in [0, 0.05) is 0 Å². The molecule has 0 aliphatic carbocycles. The second-order valence-corrected chi connectivity index (χ2v) is 5.58. The summed E-state index contributed by atoms with van der Waals surface area (Å²) in [6, 6.07) is 16.1. The Hall–Kier alpha value is -1.38. The average molecular weight is 240 g/mol. The molecule has 0 saturated heterocycles. The lowest BCUT2D eigenvalue weighted by Crippen LogP contribution is -2.24. The van der Waals surface area contributed by atoms with Gasteiger partial charge in [-0.15, -0.1) is 0 Å². The lowest BCUT2D eigenvalue weighted by molar-refractivity contribution is 0.259. The van der Waals surface area contributed by atoms with Crippen molar-refractivity contribution in [1.29, 1.82) is 0 Å². The Morgan fingerprint density at radius 3 is 2.35 bits per heavy atom. The molecule has 1 atom stereocenters. The predicted octanol–water partition coefficient (Wildman–Crippen LogP) is 2.32. The Bertz CT molecular complexity index is 494. The van der Waals surface area contributed by atoms with E-state index in [-0.39, 0.29) is 0 Å². The van der Waals surface area contributed by atoms with Gasteiger partial charge in [0.2, 0.25) is 0 Å². The van der Waals surface area contributed by atoms with Crippen LogP contribution in [-0.4, -0.2) is 14.6 Å². The van der Waals surface area contributed by atoms with Crippen LogP contribution in [0.2, 0.25) is 0 Å². The summed E-state index contributed by atoms with van der Waals surface area (Å²) in [5, 5.41) is 11.5. The van der Waals surface area contributed by atoms with Gasteiger partial charge in [0.15, 0.2) is 0 Å². The molecule has 2 aromatic carbocycles. The highest BCUT2D eigenvalue weighted by atomic mass is 28.2.